The van der Waals surface area contributed by atoms with Crippen LogP contribution in [-0.4, -0.2) is 38.2 Å². The highest BCUT2D eigenvalue weighted by atomic mass is 32.2. The zero-order valence-corrected chi connectivity index (χ0v) is 16.9. The van der Waals surface area contributed by atoms with Crippen molar-refractivity contribution in [2.45, 2.75) is 37.4 Å². The number of carbonyl (C=O) groups is 1. The SMILES string of the molecule is CC(=O)O[C@@H]1C=C(c2ccncc2N)O[C@H](COS(=O)(=O)c2ccc(C)cc2)C1. The molecule has 29 heavy (non-hydrogen) atoms. The van der Waals surface area contributed by atoms with Crippen LogP contribution in [0.1, 0.15) is 24.5 Å². The number of carbonyl (C=O) groups excluding carboxylic acids is 1. The Bertz CT molecular complexity index is 1020. The molecule has 0 fully saturated rings. The molecule has 0 bridgehead atoms. The Morgan fingerprint density at radius 2 is 2.00 bits per heavy atom. The number of ether oxygens (including phenoxy) is 2. The van der Waals surface area contributed by atoms with E-state index in [2.05, 4.69) is 4.98 Å². The molecule has 2 aromatic rings. The van der Waals surface area contributed by atoms with E-state index in [1.54, 1.807) is 30.5 Å². The molecule has 0 saturated carbocycles. The summed E-state index contributed by atoms with van der Waals surface area (Å²) in [6, 6.07) is 8.01. The number of esters is 1. The standard InChI is InChI=1S/C20H22N2O6S/c1-13-3-5-17(6-4-13)29(24,25)26-12-16-9-15(27-14(2)23)10-20(28-16)18-7-8-22-11-19(18)21/h3-8,10-11,15-16H,9,12,21H2,1-2H3/t15-,16-/m0/s1. The Kier molecular flexibility index (Phi) is 6.19. The van der Waals surface area contributed by atoms with Crippen LogP contribution < -0.4 is 5.73 Å². The monoisotopic (exact) mass is 418 g/mol. The number of hydrogen-bond acceptors (Lipinski definition) is 8. The Labute approximate surface area is 169 Å². The van der Waals surface area contributed by atoms with Crippen molar-refractivity contribution in [3.63, 3.8) is 0 Å². The van der Waals surface area contributed by atoms with Crippen LogP contribution in [0, 0.1) is 6.92 Å². The van der Waals surface area contributed by atoms with Gasteiger partial charge in [-0.15, -0.1) is 0 Å². The lowest BCUT2D eigenvalue weighted by Gasteiger charge is -2.29. The number of nitrogens with two attached hydrogens (primary N) is 1. The van der Waals surface area contributed by atoms with Gasteiger partial charge in [0.2, 0.25) is 0 Å². The predicted octanol–water partition coefficient (Wildman–Crippen LogP) is 2.44. The molecule has 1 aromatic carbocycles. The van der Waals surface area contributed by atoms with Crippen LogP contribution in [0.3, 0.4) is 0 Å². The summed E-state index contributed by atoms with van der Waals surface area (Å²) in [4.78, 5) is 15.4. The van der Waals surface area contributed by atoms with Crippen molar-refractivity contribution in [1.29, 1.82) is 0 Å². The molecular weight excluding hydrogens is 396 g/mol. The van der Waals surface area contributed by atoms with Crippen molar-refractivity contribution >= 4 is 27.5 Å². The van der Waals surface area contributed by atoms with E-state index in [-0.39, 0.29) is 17.9 Å². The fourth-order valence-corrected chi connectivity index (χ4v) is 3.82. The van der Waals surface area contributed by atoms with Gasteiger partial charge in [0.1, 0.15) is 24.6 Å². The molecule has 8 nitrogen and oxygen atoms in total. The van der Waals surface area contributed by atoms with Gasteiger partial charge >= 0.3 is 5.97 Å². The molecule has 3 rings (SSSR count). The molecule has 0 spiro atoms. The third-order valence-electron chi connectivity index (χ3n) is 4.28. The average Bonchev–Trinajstić information content (AvgIpc) is 2.66. The zero-order valence-electron chi connectivity index (χ0n) is 16.1. The maximum Gasteiger partial charge on any atom is 0.303 e. The lowest BCUT2D eigenvalue weighted by molar-refractivity contribution is -0.146. The smallest absolute Gasteiger partial charge is 0.303 e. The topological polar surface area (TPSA) is 118 Å². The molecular formula is C20H22N2O6S. The fourth-order valence-electron chi connectivity index (χ4n) is 2.88. The number of benzene rings is 1. The highest BCUT2D eigenvalue weighted by molar-refractivity contribution is 7.86. The summed E-state index contributed by atoms with van der Waals surface area (Å²) in [5.74, 6) is -0.0779. The van der Waals surface area contributed by atoms with Crippen LogP contribution in [0.2, 0.25) is 0 Å². The van der Waals surface area contributed by atoms with E-state index in [9.17, 15) is 13.2 Å². The first kappa shape index (κ1) is 20.8. The van der Waals surface area contributed by atoms with Crippen LogP contribution in [0.5, 0.6) is 0 Å². The van der Waals surface area contributed by atoms with Gasteiger partial charge in [0.05, 0.1) is 16.8 Å². The van der Waals surface area contributed by atoms with Crippen molar-refractivity contribution in [2.24, 2.45) is 0 Å². The molecule has 1 aromatic heterocycles. The summed E-state index contributed by atoms with van der Waals surface area (Å²) in [5, 5.41) is 0. The van der Waals surface area contributed by atoms with Crippen molar-refractivity contribution < 1.29 is 26.9 Å². The zero-order chi connectivity index (χ0) is 21.0. The highest BCUT2D eigenvalue weighted by Crippen LogP contribution is 2.30. The minimum Gasteiger partial charge on any atom is -0.487 e. The maximum absolute atomic E-state index is 12.4. The van der Waals surface area contributed by atoms with Crippen LogP contribution in [0.25, 0.3) is 5.76 Å². The van der Waals surface area contributed by atoms with Crippen LogP contribution >= 0.6 is 0 Å². The van der Waals surface area contributed by atoms with Crippen molar-refractivity contribution in [2.75, 3.05) is 12.3 Å². The van der Waals surface area contributed by atoms with Gasteiger partial charge < -0.3 is 15.2 Å². The molecule has 0 saturated heterocycles. The molecule has 0 amide bonds. The van der Waals surface area contributed by atoms with Gasteiger partial charge in [-0.1, -0.05) is 17.7 Å². The first-order valence-corrected chi connectivity index (χ1v) is 10.4. The van der Waals surface area contributed by atoms with Crippen molar-refractivity contribution in [1.82, 2.24) is 4.98 Å². The Hall–Kier alpha value is -2.91. The number of anilines is 1. The minimum absolute atomic E-state index is 0.0598. The van der Waals surface area contributed by atoms with Crippen LogP contribution in [0.4, 0.5) is 5.69 Å². The van der Waals surface area contributed by atoms with E-state index in [4.69, 9.17) is 19.4 Å². The molecule has 2 N–H and O–H groups in total. The largest absolute Gasteiger partial charge is 0.487 e. The first-order valence-electron chi connectivity index (χ1n) is 8.96. The number of nitrogen functional groups attached to an aromatic ring is 1. The summed E-state index contributed by atoms with van der Waals surface area (Å²) in [5.41, 5.74) is 7.85. The second-order valence-electron chi connectivity index (χ2n) is 6.67. The van der Waals surface area contributed by atoms with E-state index < -0.39 is 28.3 Å². The van der Waals surface area contributed by atoms with Gasteiger partial charge in [-0.3, -0.25) is 14.0 Å². The lowest BCUT2D eigenvalue weighted by atomic mass is 10.0. The van der Waals surface area contributed by atoms with Gasteiger partial charge in [0.25, 0.3) is 10.1 Å². The van der Waals surface area contributed by atoms with Crippen LogP contribution in [-0.2, 0) is 28.6 Å². The summed E-state index contributed by atoms with van der Waals surface area (Å²) in [6.07, 6.45) is 3.66. The van der Waals surface area contributed by atoms with Gasteiger partial charge in [0, 0.05) is 25.1 Å². The Morgan fingerprint density at radius 3 is 2.66 bits per heavy atom. The predicted molar refractivity (Wildman–Crippen MR) is 106 cm³/mol. The van der Waals surface area contributed by atoms with Gasteiger partial charge in [-0.25, -0.2) is 0 Å². The Morgan fingerprint density at radius 1 is 1.28 bits per heavy atom. The molecule has 2 atom stereocenters. The minimum atomic E-state index is -3.95. The molecule has 0 unspecified atom stereocenters. The second-order valence-corrected chi connectivity index (χ2v) is 8.28. The number of rotatable bonds is 6. The first-order chi connectivity index (χ1) is 13.7. The van der Waals surface area contributed by atoms with Crippen LogP contribution in [0.15, 0.2) is 53.7 Å². The number of aromatic nitrogens is 1. The van der Waals surface area contributed by atoms with E-state index in [1.807, 2.05) is 6.92 Å². The second kappa shape index (κ2) is 8.62. The fraction of sp³-hybridized carbons (Fsp3) is 0.300. The van der Waals surface area contributed by atoms with E-state index >= 15 is 0 Å². The molecule has 1 aliphatic heterocycles. The summed E-state index contributed by atoms with van der Waals surface area (Å²) in [6.45, 7) is 2.92. The molecule has 9 heteroatoms. The van der Waals surface area contributed by atoms with Gasteiger partial charge in [0.15, 0.2) is 0 Å². The Balaban J connectivity index is 1.77. The van der Waals surface area contributed by atoms with Gasteiger partial charge in [-0.2, -0.15) is 8.42 Å². The van der Waals surface area contributed by atoms with Gasteiger partial charge in [-0.05, 0) is 31.2 Å². The van der Waals surface area contributed by atoms with Crippen molar-refractivity contribution in [3.05, 3.63) is 59.9 Å². The molecule has 154 valence electrons. The molecule has 1 aliphatic rings. The number of hydrogen-bond donors (Lipinski definition) is 1. The number of nitrogens with zero attached hydrogens (tertiary/aromatic N) is 1. The number of aryl methyl sites for hydroxylation is 1. The molecule has 0 radical (unpaired) electrons. The maximum atomic E-state index is 12.4. The van der Waals surface area contributed by atoms with E-state index in [0.29, 0.717) is 17.0 Å². The molecule has 2 heterocycles. The summed E-state index contributed by atoms with van der Waals surface area (Å²) in [7, 11) is -3.95. The lowest BCUT2D eigenvalue weighted by Crippen LogP contribution is -2.32. The third-order valence-corrected chi connectivity index (χ3v) is 5.58. The normalized spacial score (nSPS) is 19.2. The number of pyridine rings is 1. The highest BCUT2D eigenvalue weighted by Gasteiger charge is 2.29. The average molecular weight is 418 g/mol. The summed E-state index contributed by atoms with van der Waals surface area (Å²) < 4.78 is 41.3. The summed E-state index contributed by atoms with van der Waals surface area (Å²) >= 11 is 0. The molecule has 0 aliphatic carbocycles. The van der Waals surface area contributed by atoms with Crippen molar-refractivity contribution in [3.8, 4) is 0 Å². The van der Waals surface area contributed by atoms with E-state index in [0.717, 1.165) is 5.56 Å². The third kappa shape index (κ3) is 5.33. The van der Waals surface area contributed by atoms with E-state index in [1.165, 1.54) is 25.3 Å². The quantitative estimate of drug-likeness (QED) is 0.561.